The van der Waals surface area contributed by atoms with Gasteiger partial charge in [0.05, 0.1) is 0 Å². The van der Waals surface area contributed by atoms with Crippen molar-refractivity contribution < 1.29 is 9.18 Å². The number of carbonyl (C=O) groups is 1. The Morgan fingerprint density at radius 3 is 2.41 bits per heavy atom. The fraction of sp³-hybridized carbons (Fsp3) is 0.435. The molecular formula is C23H27FN2O. The zero-order valence-electron chi connectivity index (χ0n) is 15.8. The molecule has 1 saturated carbocycles. The second-order valence-electron chi connectivity index (χ2n) is 8.15. The SMILES string of the molecule is CC1CCN(Cc2ccc(NC(=O)C3CC3c3ccc(F)cc3)cc2)CC1. The van der Waals surface area contributed by atoms with Crippen LogP contribution in [0.25, 0.3) is 0 Å². The van der Waals surface area contributed by atoms with Crippen molar-refractivity contribution in [1.82, 2.24) is 4.90 Å². The van der Waals surface area contributed by atoms with Crippen LogP contribution in [0.4, 0.5) is 10.1 Å². The maximum absolute atomic E-state index is 13.0. The smallest absolute Gasteiger partial charge is 0.228 e. The highest BCUT2D eigenvalue weighted by Crippen LogP contribution is 2.48. The van der Waals surface area contributed by atoms with E-state index in [1.807, 2.05) is 12.1 Å². The molecule has 4 heteroatoms. The van der Waals surface area contributed by atoms with E-state index in [9.17, 15) is 9.18 Å². The summed E-state index contributed by atoms with van der Waals surface area (Å²) < 4.78 is 13.0. The van der Waals surface area contributed by atoms with E-state index in [4.69, 9.17) is 0 Å². The Morgan fingerprint density at radius 2 is 1.74 bits per heavy atom. The number of nitrogens with zero attached hydrogens (tertiary/aromatic N) is 1. The molecule has 4 rings (SSSR count). The molecule has 2 aromatic rings. The molecule has 2 aliphatic rings. The summed E-state index contributed by atoms with van der Waals surface area (Å²) in [7, 11) is 0. The van der Waals surface area contributed by atoms with Gasteiger partial charge in [0.1, 0.15) is 5.82 Å². The summed E-state index contributed by atoms with van der Waals surface area (Å²) in [6.45, 7) is 5.66. The Kier molecular flexibility index (Phi) is 5.26. The van der Waals surface area contributed by atoms with Gasteiger partial charge < -0.3 is 5.32 Å². The fourth-order valence-corrected chi connectivity index (χ4v) is 3.97. The van der Waals surface area contributed by atoms with Gasteiger partial charge in [-0.3, -0.25) is 9.69 Å². The van der Waals surface area contributed by atoms with Gasteiger partial charge >= 0.3 is 0 Å². The van der Waals surface area contributed by atoms with Gasteiger partial charge in [-0.15, -0.1) is 0 Å². The van der Waals surface area contributed by atoms with Crippen molar-refractivity contribution in [2.75, 3.05) is 18.4 Å². The lowest BCUT2D eigenvalue weighted by Gasteiger charge is -2.30. The quantitative estimate of drug-likeness (QED) is 0.824. The molecule has 142 valence electrons. The molecule has 2 fully saturated rings. The van der Waals surface area contributed by atoms with Gasteiger partial charge in [-0.25, -0.2) is 4.39 Å². The van der Waals surface area contributed by atoms with Crippen LogP contribution >= 0.6 is 0 Å². The molecule has 27 heavy (non-hydrogen) atoms. The number of benzene rings is 2. The van der Waals surface area contributed by atoms with Crippen molar-refractivity contribution in [1.29, 1.82) is 0 Å². The van der Waals surface area contributed by atoms with E-state index in [1.165, 1.54) is 43.6 Å². The number of anilines is 1. The van der Waals surface area contributed by atoms with Gasteiger partial charge in [0.25, 0.3) is 0 Å². The lowest BCUT2D eigenvalue weighted by molar-refractivity contribution is -0.117. The predicted octanol–water partition coefficient (Wildman–Crippen LogP) is 4.80. The Balaban J connectivity index is 1.28. The van der Waals surface area contributed by atoms with Gasteiger partial charge in [0.2, 0.25) is 5.91 Å². The van der Waals surface area contributed by atoms with Crippen molar-refractivity contribution in [3.05, 3.63) is 65.5 Å². The van der Waals surface area contributed by atoms with Crippen molar-refractivity contribution in [2.24, 2.45) is 11.8 Å². The number of piperidine rings is 1. The largest absolute Gasteiger partial charge is 0.326 e. The number of rotatable bonds is 5. The summed E-state index contributed by atoms with van der Waals surface area (Å²) >= 11 is 0. The van der Waals surface area contributed by atoms with Gasteiger partial charge in [-0.05, 0) is 79.6 Å². The van der Waals surface area contributed by atoms with Gasteiger partial charge in [0.15, 0.2) is 0 Å². The summed E-state index contributed by atoms with van der Waals surface area (Å²) in [5, 5.41) is 3.03. The van der Waals surface area contributed by atoms with Crippen LogP contribution in [0.2, 0.25) is 0 Å². The Hall–Kier alpha value is -2.20. The second kappa shape index (κ2) is 7.81. The lowest BCUT2D eigenvalue weighted by atomic mass is 9.99. The van der Waals surface area contributed by atoms with Crippen LogP contribution < -0.4 is 5.32 Å². The molecule has 1 saturated heterocycles. The molecule has 0 bridgehead atoms. The Bertz CT molecular complexity index is 779. The summed E-state index contributed by atoms with van der Waals surface area (Å²) in [5.41, 5.74) is 3.18. The Morgan fingerprint density at radius 1 is 1.07 bits per heavy atom. The zero-order chi connectivity index (χ0) is 18.8. The van der Waals surface area contributed by atoms with E-state index >= 15 is 0 Å². The van der Waals surface area contributed by atoms with Gasteiger partial charge in [0, 0.05) is 18.2 Å². The molecule has 1 amide bonds. The van der Waals surface area contributed by atoms with E-state index < -0.39 is 0 Å². The van der Waals surface area contributed by atoms with E-state index in [1.54, 1.807) is 12.1 Å². The van der Waals surface area contributed by atoms with Gasteiger partial charge in [-0.1, -0.05) is 31.2 Å². The predicted molar refractivity (Wildman–Crippen MR) is 106 cm³/mol. The molecule has 1 aliphatic carbocycles. The average molecular weight is 366 g/mol. The van der Waals surface area contributed by atoms with Gasteiger partial charge in [-0.2, -0.15) is 0 Å². The third-order valence-electron chi connectivity index (χ3n) is 5.93. The number of amides is 1. The molecule has 2 atom stereocenters. The highest BCUT2D eigenvalue weighted by atomic mass is 19.1. The molecule has 0 spiro atoms. The number of nitrogens with one attached hydrogen (secondary N) is 1. The number of hydrogen-bond acceptors (Lipinski definition) is 2. The first-order chi connectivity index (χ1) is 13.1. The normalized spacial score (nSPS) is 23.2. The average Bonchev–Trinajstić information content (AvgIpc) is 3.47. The van der Waals surface area contributed by atoms with Crippen LogP contribution in [0, 0.1) is 17.7 Å². The minimum absolute atomic E-state index is 0.00882. The van der Waals surface area contributed by atoms with E-state index in [-0.39, 0.29) is 23.6 Å². The van der Waals surface area contributed by atoms with E-state index in [2.05, 4.69) is 29.3 Å². The number of hydrogen-bond donors (Lipinski definition) is 1. The van der Waals surface area contributed by atoms with Crippen molar-refractivity contribution in [2.45, 2.75) is 38.6 Å². The van der Waals surface area contributed by atoms with Crippen LogP contribution in [0.5, 0.6) is 0 Å². The van der Waals surface area contributed by atoms with Crippen LogP contribution in [-0.4, -0.2) is 23.9 Å². The molecule has 2 aromatic carbocycles. The standard InChI is InChI=1S/C23H27FN2O/c1-16-10-12-26(13-11-16)15-17-2-8-20(9-3-17)25-23(27)22-14-21(22)18-4-6-19(24)7-5-18/h2-9,16,21-22H,10-15H2,1H3,(H,25,27). The highest BCUT2D eigenvalue weighted by molar-refractivity contribution is 5.95. The molecule has 3 nitrogen and oxygen atoms in total. The molecule has 1 heterocycles. The van der Waals surface area contributed by atoms with Crippen LogP contribution in [0.1, 0.15) is 43.2 Å². The monoisotopic (exact) mass is 366 g/mol. The highest BCUT2D eigenvalue weighted by Gasteiger charge is 2.43. The third kappa shape index (κ3) is 4.56. The van der Waals surface area contributed by atoms with E-state index in [0.717, 1.165) is 30.1 Å². The topological polar surface area (TPSA) is 32.3 Å². The minimum Gasteiger partial charge on any atom is -0.326 e. The lowest BCUT2D eigenvalue weighted by Crippen LogP contribution is -2.32. The molecule has 2 unspecified atom stereocenters. The number of halogens is 1. The summed E-state index contributed by atoms with van der Waals surface area (Å²) in [4.78, 5) is 15.0. The maximum atomic E-state index is 13.0. The van der Waals surface area contributed by atoms with Crippen molar-refractivity contribution in [3.63, 3.8) is 0 Å². The number of likely N-dealkylation sites (tertiary alicyclic amines) is 1. The summed E-state index contributed by atoms with van der Waals surface area (Å²) in [6, 6.07) is 14.7. The molecule has 0 aromatic heterocycles. The first-order valence-corrected chi connectivity index (χ1v) is 9.96. The summed E-state index contributed by atoms with van der Waals surface area (Å²) in [5.74, 6) is 0.874. The minimum atomic E-state index is -0.237. The molecule has 1 N–H and O–H groups in total. The number of carbonyl (C=O) groups excluding carboxylic acids is 1. The van der Waals surface area contributed by atoms with Crippen molar-refractivity contribution in [3.8, 4) is 0 Å². The molecular weight excluding hydrogens is 339 g/mol. The van der Waals surface area contributed by atoms with Crippen LogP contribution in [0.15, 0.2) is 48.5 Å². The second-order valence-corrected chi connectivity index (χ2v) is 8.15. The fourth-order valence-electron chi connectivity index (χ4n) is 3.97. The molecule has 1 aliphatic heterocycles. The third-order valence-corrected chi connectivity index (χ3v) is 5.93. The maximum Gasteiger partial charge on any atom is 0.228 e. The molecule has 0 radical (unpaired) electrons. The first-order valence-electron chi connectivity index (χ1n) is 9.96. The summed E-state index contributed by atoms with van der Waals surface area (Å²) in [6.07, 6.45) is 3.40. The van der Waals surface area contributed by atoms with Crippen LogP contribution in [0.3, 0.4) is 0 Å². The zero-order valence-corrected chi connectivity index (χ0v) is 15.8. The Labute approximate surface area is 160 Å². The van der Waals surface area contributed by atoms with Crippen molar-refractivity contribution >= 4 is 11.6 Å². The van der Waals surface area contributed by atoms with E-state index in [0.29, 0.717) is 0 Å². The van der Waals surface area contributed by atoms with Crippen LogP contribution in [-0.2, 0) is 11.3 Å². The first kappa shape index (κ1) is 18.2.